The van der Waals surface area contributed by atoms with Crippen molar-refractivity contribution in [2.24, 2.45) is 5.73 Å². The number of anilines is 1. The number of hydrogen-bond donors (Lipinski definition) is 2. The van der Waals surface area contributed by atoms with Crippen LogP contribution in [0.15, 0.2) is 78.9 Å². The summed E-state index contributed by atoms with van der Waals surface area (Å²) in [5.41, 5.74) is 11.0. The van der Waals surface area contributed by atoms with Crippen LogP contribution in [0, 0.1) is 0 Å². The summed E-state index contributed by atoms with van der Waals surface area (Å²) in [6.45, 7) is 0. The van der Waals surface area contributed by atoms with Crippen LogP contribution in [0.3, 0.4) is 0 Å². The van der Waals surface area contributed by atoms with Crippen molar-refractivity contribution in [2.75, 3.05) is 5.32 Å². The first-order chi connectivity index (χ1) is 12.7. The predicted molar refractivity (Wildman–Crippen MR) is 105 cm³/mol. The molecule has 1 fully saturated rings. The topological polar surface area (TPSA) is 55.1 Å². The minimum absolute atomic E-state index is 0.0872. The lowest BCUT2D eigenvalue weighted by molar-refractivity contribution is 0.102. The lowest BCUT2D eigenvalue weighted by Gasteiger charge is -2.08. The molecule has 2 atom stereocenters. The van der Waals surface area contributed by atoms with Gasteiger partial charge in [0.1, 0.15) is 0 Å². The van der Waals surface area contributed by atoms with Gasteiger partial charge in [-0.25, -0.2) is 0 Å². The standard InChI is InChI=1S/C23H22N2O/c24-22-15-21(22)18-9-11-20(12-10-18)25-23(26)19-8-4-7-17(14-19)13-16-5-2-1-3-6-16/h1-12,14,21-22H,13,15,24H2,(H,25,26). The normalized spacial score (nSPS) is 18.3. The lowest BCUT2D eigenvalue weighted by atomic mass is 10.0. The fourth-order valence-electron chi connectivity index (χ4n) is 3.27. The van der Waals surface area contributed by atoms with E-state index in [9.17, 15) is 4.79 Å². The zero-order chi connectivity index (χ0) is 17.9. The molecule has 0 saturated heterocycles. The lowest BCUT2D eigenvalue weighted by Crippen LogP contribution is -2.12. The van der Waals surface area contributed by atoms with Crippen molar-refractivity contribution in [1.82, 2.24) is 0 Å². The number of rotatable bonds is 5. The fraction of sp³-hybridized carbons (Fsp3) is 0.174. The molecule has 2 unspecified atom stereocenters. The molecule has 0 bridgehead atoms. The van der Waals surface area contributed by atoms with Gasteiger partial charge in [0, 0.05) is 23.2 Å². The Hall–Kier alpha value is -2.91. The van der Waals surface area contributed by atoms with Gasteiger partial charge in [-0.05, 0) is 53.8 Å². The Labute approximate surface area is 153 Å². The smallest absolute Gasteiger partial charge is 0.255 e. The second kappa shape index (κ2) is 7.14. The van der Waals surface area contributed by atoms with E-state index in [2.05, 4.69) is 35.6 Å². The molecular weight excluding hydrogens is 320 g/mol. The van der Waals surface area contributed by atoms with Crippen LogP contribution in [0.25, 0.3) is 0 Å². The average Bonchev–Trinajstić information content (AvgIpc) is 3.40. The average molecular weight is 342 g/mol. The summed E-state index contributed by atoms with van der Waals surface area (Å²) in [6, 6.07) is 26.4. The number of nitrogens with one attached hydrogen (secondary N) is 1. The van der Waals surface area contributed by atoms with E-state index in [-0.39, 0.29) is 5.91 Å². The molecule has 3 aromatic rings. The van der Waals surface area contributed by atoms with Crippen LogP contribution in [0.2, 0.25) is 0 Å². The predicted octanol–water partition coefficient (Wildman–Crippen LogP) is 4.34. The van der Waals surface area contributed by atoms with E-state index in [1.54, 1.807) is 0 Å². The highest BCUT2D eigenvalue weighted by Gasteiger charge is 2.34. The molecule has 0 aromatic heterocycles. The summed E-state index contributed by atoms with van der Waals surface area (Å²) in [7, 11) is 0. The van der Waals surface area contributed by atoms with Crippen molar-refractivity contribution >= 4 is 11.6 Å². The minimum Gasteiger partial charge on any atom is -0.327 e. The molecule has 1 saturated carbocycles. The first-order valence-electron chi connectivity index (χ1n) is 8.99. The van der Waals surface area contributed by atoms with Crippen molar-refractivity contribution in [1.29, 1.82) is 0 Å². The van der Waals surface area contributed by atoms with Crippen LogP contribution >= 0.6 is 0 Å². The van der Waals surface area contributed by atoms with Gasteiger partial charge in [0.15, 0.2) is 0 Å². The van der Waals surface area contributed by atoms with Crippen LogP contribution in [0.5, 0.6) is 0 Å². The molecule has 3 aromatic carbocycles. The monoisotopic (exact) mass is 342 g/mol. The largest absolute Gasteiger partial charge is 0.327 e. The van der Waals surface area contributed by atoms with E-state index >= 15 is 0 Å². The third-order valence-corrected chi connectivity index (χ3v) is 4.88. The van der Waals surface area contributed by atoms with Gasteiger partial charge in [0.05, 0.1) is 0 Å². The van der Waals surface area contributed by atoms with Gasteiger partial charge < -0.3 is 11.1 Å². The number of carbonyl (C=O) groups excluding carboxylic acids is 1. The summed E-state index contributed by atoms with van der Waals surface area (Å²) in [5, 5.41) is 2.98. The van der Waals surface area contributed by atoms with Gasteiger partial charge in [-0.3, -0.25) is 4.79 Å². The van der Waals surface area contributed by atoms with Crippen LogP contribution in [-0.4, -0.2) is 11.9 Å². The molecule has 1 aliphatic carbocycles. The third kappa shape index (κ3) is 3.84. The Kier molecular flexibility index (Phi) is 4.55. The second-order valence-corrected chi connectivity index (χ2v) is 6.94. The molecule has 0 spiro atoms. The van der Waals surface area contributed by atoms with Crippen LogP contribution in [0.4, 0.5) is 5.69 Å². The zero-order valence-corrected chi connectivity index (χ0v) is 14.6. The number of benzene rings is 3. The van der Waals surface area contributed by atoms with Gasteiger partial charge in [-0.1, -0.05) is 54.6 Å². The summed E-state index contributed by atoms with van der Waals surface area (Å²) in [4.78, 5) is 12.6. The number of amides is 1. The molecule has 0 heterocycles. The van der Waals surface area contributed by atoms with E-state index < -0.39 is 0 Å². The Morgan fingerprint density at radius 3 is 2.31 bits per heavy atom. The zero-order valence-electron chi connectivity index (χ0n) is 14.6. The molecule has 3 nitrogen and oxygen atoms in total. The summed E-state index contributed by atoms with van der Waals surface area (Å²) in [5.74, 6) is 0.394. The molecule has 0 aliphatic heterocycles. The summed E-state index contributed by atoms with van der Waals surface area (Å²) in [6.07, 6.45) is 1.87. The summed E-state index contributed by atoms with van der Waals surface area (Å²) >= 11 is 0. The van der Waals surface area contributed by atoms with E-state index in [0.29, 0.717) is 17.5 Å². The maximum Gasteiger partial charge on any atom is 0.255 e. The van der Waals surface area contributed by atoms with Gasteiger partial charge >= 0.3 is 0 Å². The Morgan fingerprint density at radius 2 is 1.62 bits per heavy atom. The van der Waals surface area contributed by atoms with Gasteiger partial charge in [-0.15, -0.1) is 0 Å². The maximum atomic E-state index is 12.6. The van der Waals surface area contributed by atoms with Crippen molar-refractivity contribution in [3.8, 4) is 0 Å². The number of hydrogen-bond acceptors (Lipinski definition) is 2. The highest BCUT2D eigenvalue weighted by molar-refractivity contribution is 6.04. The number of carbonyl (C=O) groups is 1. The fourth-order valence-corrected chi connectivity index (χ4v) is 3.27. The van der Waals surface area contributed by atoms with Crippen LogP contribution < -0.4 is 11.1 Å². The SMILES string of the molecule is NC1CC1c1ccc(NC(=O)c2cccc(Cc3ccccc3)c2)cc1. The van der Waals surface area contributed by atoms with Crippen LogP contribution in [-0.2, 0) is 6.42 Å². The highest BCUT2D eigenvalue weighted by atomic mass is 16.1. The van der Waals surface area contributed by atoms with Gasteiger partial charge in [-0.2, -0.15) is 0 Å². The first-order valence-corrected chi connectivity index (χ1v) is 8.99. The first kappa shape index (κ1) is 16.6. The van der Waals surface area contributed by atoms with E-state index in [4.69, 9.17) is 5.73 Å². The van der Waals surface area contributed by atoms with Gasteiger partial charge in [0.25, 0.3) is 5.91 Å². The van der Waals surface area contributed by atoms with Crippen molar-refractivity contribution in [3.05, 3.63) is 101 Å². The second-order valence-electron chi connectivity index (χ2n) is 6.94. The van der Waals surface area contributed by atoms with Crippen molar-refractivity contribution in [3.63, 3.8) is 0 Å². The van der Waals surface area contributed by atoms with Crippen molar-refractivity contribution < 1.29 is 4.79 Å². The molecule has 3 N–H and O–H groups in total. The Balaban J connectivity index is 1.43. The molecule has 130 valence electrons. The van der Waals surface area contributed by atoms with Gasteiger partial charge in [0.2, 0.25) is 0 Å². The van der Waals surface area contributed by atoms with Crippen molar-refractivity contribution in [2.45, 2.75) is 24.8 Å². The molecule has 0 radical (unpaired) electrons. The molecule has 1 aliphatic rings. The molecule has 26 heavy (non-hydrogen) atoms. The highest BCUT2D eigenvalue weighted by Crippen LogP contribution is 2.39. The number of nitrogens with two attached hydrogens (primary N) is 1. The third-order valence-electron chi connectivity index (χ3n) is 4.88. The van der Waals surface area contributed by atoms with Crippen LogP contribution in [0.1, 0.15) is 39.4 Å². The molecule has 1 amide bonds. The van der Waals surface area contributed by atoms with E-state index in [1.807, 2.05) is 48.5 Å². The van der Waals surface area contributed by atoms with E-state index in [1.165, 1.54) is 11.1 Å². The summed E-state index contributed by atoms with van der Waals surface area (Å²) < 4.78 is 0. The molecule has 3 heteroatoms. The molecular formula is C23H22N2O. The molecule has 4 rings (SSSR count). The quantitative estimate of drug-likeness (QED) is 0.724. The van der Waals surface area contributed by atoms with E-state index in [0.717, 1.165) is 24.1 Å². The Morgan fingerprint density at radius 1 is 0.923 bits per heavy atom. The minimum atomic E-state index is -0.0872. The Bertz CT molecular complexity index is 903. The maximum absolute atomic E-state index is 12.6.